The number of nitrogens with one attached hydrogen (secondary N) is 1. The summed E-state index contributed by atoms with van der Waals surface area (Å²) in [6.45, 7) is 3.84. The van der Waals surface area contributed by atoms with E-state index in [0.717, 1.165) is 39.0 Å². The Morgan fingerprint density at radius 3 is 2.92 bits per heavy atom. The monoisotopic (exact) mass is 185 g/mol. The Morgan fingerprint density at radius 2 is 2.38 bits per heavy atom. The molecule has 13 heavy (non-hydrogen) atoms. The van der Waals surface area contributed by atoms with Gasteiger partial charge < -0.3 is 15.1 Å². The first-order valence-corrected chi connectivity index (χ1v) is 4.80. The van der Waals surface area contributed by atoms with Crippen LogP contribution in [-0.4, -0.2) is 62.5 Å². The Balaban J connectivity index is 2.07. The Kier molecular flexibility index (Phi) is 4.18. The summed E-state index contributed by atoms with van der Waals surface area (Å²) < 4.78 is 0. The van der Waals surface area contributed by atoms with Crippen LogP contribution < -0.4 is 5.32 Å². The topological polar surface area (TPSA) is 35.6 Å². The molecule has 0 saturated carbocycles. The molecule has 0 aromatic rings. The minimum Gasteiger partial charge on any atom is -0.344 e. The predicted octanol–water partition coefficient (Wildman–Crippen LogP) is -0.632. The van der Waals surface area contributed by atoms with Crippen molar-refractivity contribution in [2.45, 2.75) is 12.5 Å². The third-order valence-electron chi connectivity index (χ3n) is 2.36. The fourth-order valence-corrected chi connectivity index (χ4v) is 1.54. The van der Waals surface area contributed by atoms with Gasteiger partial charge in [-0.15, -0.1) is 0 Å². The highest BCUT2D eigenvalue weighted by Gasteiger charge is 2.19. The molecule has 1 heterocycles. The molecule has 0 aromatic heterocycles. The smallest absolute Gasteiger partial charge is 0.209 e. The molecule has 76 valence electrons. The summed E-state index contributed by atoms with van der Waals surface area (Å²) in [6.07, 6.45) is 2.03. The average molecular weight is 185 g/mol. The second-order valence-electron chi connectivity index (χ2n) is 3.84. The van der Waals surface area contributed by atoms with Crippen LogP contribution in [0.1, 0.15) is 6.42 Å². The normalized spacial score (nSPS) is 22.7. The number of carbonyl (C=O) groups is 1. The molecule has 4 heteroatoms. The van der Waals surface area contributed by atoms with Gasteiger partial charge in [-0.05, 0) is 20.5 Å². The zero-order valence-electron chi connectivity index (χ0n) is 8.49. The number of hydrogen-bond acceptors (Lipinski definition) is 3. The summed E-state index contributed by atoms with van der Waals surface area (Å²) in [4.78, 5) is 14.4. The number of nitrogens with zero attached hydrogens (tertiary/aromatic N) is 2. The van der Waals surface area contributed by atoms with E-state index >= 15 is 0 Å². The van der Waals surface area contributed by atoms with Crippen molar-refractivity contribution in [3.63, 3.8) is 0 Å². The molecule has 1 saturated heterocycles. The summed E-state index contributed by atoms with van der Waals surface area (Å²) in [5.41, 5.74) is 0. The van der Waals surface area contributed by atoms with Gasteiger partial charge in [0, 0.05) is 32.2 Å². The number of carbonyl (C=O) groups excluding carboxylic acids is 1. The summed E-state index contributed by atoms with van der Waals surface area (Å²) in [5, 5.41) is 3.44. The van der Waals surface area contributed by atoms with Crippen LogP contribution in [0, 0.1) is 0 Å². The third kappa shape index (κ3) is 3.74. The van der Waals surface area contributed by atoms with Crippen LogP contribution in [0.5, 0.6) is 0 Å². The van der Waals surface area contributed by atoms with Gasteiger partial charge in [0.1, 0.15) is 0 Å². The van der Waals surface area contributed by atoms with Crippen molar-refractivity contribution in [1.29, 1.82) is 0 Å². The highest BCUT2D eigenvalue weighted by atomic mass is 16.1. The molecule has 1 fully saturated rings. The first-order chi connectivity index (χ1) is 6.22. The molecular formula is C9H19N3O. The maximum Gasteiger partial charge on any atom is 0.209 e. The lowest BCUT2D eigenvalue weighted by Crippen LogP contribution is -2.36. The van der Waals surface area contributed by atoms with E-state index in [-0.39, 0.29) is 0 Å². The molecule has 4 nitrogen and oxygen atoms in total. The van der Waals surface area contributed by atoms with Gasteiger partial charge >= 0.3 is 0 Å². The highest BCUT2D eigenvalue weighted by molar-refractivity contribution is 5.47. The molecule has 1 atom stereocenters. The number of hydrogen-bond donors (Lipinski definition) is 1. The number of likely N-dealkylation sites (N-methyl/N-ethyl adjacent to an activating group) is 1. The molecule has 1 rings (SSSR count). The summed E-state index contributed by atoms with van der Waals surface area (Å²) >= 11 is 0. The molecule has 1 N–H and O–H groups in total. The van der Waals surface area contributed by atoms with E-state index in [2.05, 4.69) is 24.3 Å². The van der Waals surface area contributed by atoms with Gasteiger partial charge in [0.2, 0.25) is 6.41 Å². The van der Waals surface area contributed by atoms with E-state index in [1.165, 1.54) is 0 Å². The van der Waals surface area contributed by atoms with Crippen molar-refractivity contribution in [2.75, 3.05) is 40.3 Å². The van der Waals surface area contributed by atoms with Gasteiger partial charge in [-0.1, -0.05) is 0 Å². The highest BCUT2D eigenvalue weighted by Crippen LogP contribution is 2.05. The van der Waals surface area contributed by atoms with E-state index in [1.807, 2.05) is 4.90 Å². The quantitative estimate of drug-likeness (QED) is 0.579. The summed E-state index contributed by atoms with van der Waals surface area (Å²) in [6, 6.07) is 0.505. The molecule has 0 spiro atoms. The van der Waals surface area contributed by atoms with Crippen LogP contribution in [0.3, 0.4) is 0 Å². The minimum absolute atomic E-state index is 0.505. The first kappa shape index (κ1) is 10.5. The van der Waals surface area contributed by atoms with Crippen molar-refractivity contribution in [3.05, 3.63) is 0 Å². The summed E-state index contributed by atoms with van der Waals surface area (Å²) in [7, 11) is 4.13. The lowest BCUT2D eigenvalue weighted by atomic mass is 10.2. The second-order valence-corrected chi connectivity index (χ2v) is 3.84. The maximum absolute atomic E-state index is 10.4. The minimum atomic E-state index is 0.505. The molecular weight excluding hydrogens is 166 g/mol. The van der Waals surface area contributed by atoms with Crippen molar-refractivity contribution < 1.29 is 4.79 Å². The first-order valence-electron chi connectivity index (χ1n) is 4.80. The average Bonchev–Trinajstić information content (AvgIpc) is 2.52. The maximum atomic E-state index is 10.4. The van der Waals surface area contributed by atoms with Crippen LogP contribution in [0.15, 0.2) is 0 Å². The van der Waals surface area contributed by atoms with E-state index < -0.39 is 0 Å². The molecule has 0 aliphatic carbocycles. The molecule has 1 aliphatic rings. The van der Waals surface area contributed by atoms with Gasteiger partial charge in [-0.2, -0.15) is 0 Å². The summed E-state index contributed by atoms with van der Waals surface area (Å²) in [5.74, 6) is 0. The van der Waals surface area contributed by atoms with Crippen molar-refractivity contribution in [1.82, 2.24) is 15.1 Å². The van der Waals surface area contributed by atoms with Gasteiger partial charge in [-0.3, -0.25) is 4.79 Å². The zero-order valence-corrected chi connectivity index (χ0v) is 8.49. The molecule has 1 amide bonds. The fraction of sp³-hybridized carbons (Fsp3) is 0.889. The predicted molar refractivity (Wildman–Crippen MR) is 52.6 cm³/mol. The van der Waals surface area contributed by atoms with Crippen molar-refractivity contribution in [2.24, 2.45) is 0 Å². The Labute approximate surface area is 79.9 Å². The largest absolute Gasteiger partial charge is 0.344 e. The van der Waals surface area contributed by atoms with Crippen LogP contribution in [0.25, 0.3) is 0 Å². The Hall–Kier alpha value is -0.610. The second kappa shape index (κ2) is 5.19. The molecule has 0 radical (unpaired) electrons. The van der Waals surface area contributed by atoms with Crippen LogP contribution in [0.2, 0.25) is 0 Å². The standard InChI is InChI=1S/C9H19N3O/c1-11(2)6-4-10-9-3-5-12(7-9)8-13/h8-10H,3-7H2,1-2H3. The molecule has 1 unspecified atom stereocenters. The molecule has 0 bridgehead atoms. The number of rotatable bonds is 5. The van der Waals surface area contributed by atoms with E-state index in [1.54, 1.807) is 0 Å². The van der Waals surface area contributed by atoms with Gasteiger partial charge in [0.05, 0.1) is 0 Å². The van der Waals surface area contributed by atoms with Crippen molar-refractivity contribution in [3.8, 4) is 0 Å². The Bertz CT molecular complexity index is 161. The zero-order chi connectivity index (χ0) is 9.68. The van der Waals surface area contributed by atoms with E-state index in [4.69, 9.17) is 0 Å². The third-order valence-corrected chi connectivity index (χ3v) is 2.36. The lowest BCUT2D eigenvalue weighted by molar-refractivity contribution is -0.117. The van der Waals surface area contributed by atoms with Gasteiger partial charge in [-0.25, -0.2) is 0 Å². The lowest BCUT2D eigenvalue weighted by Gasteiger charge is -2.15. The fourth-order valence-electron chi connectivity index (χ4n) is 1.54. The van der Waals surface area contributed by atoms with Crippen LogP contribution in [0.4, 0.5) is 0 Å². The SMILES string of the molecule is CN(C)CCNC1CCN(C=O)C1. The van der Waals surface area contributed by atoms with E-state index in [0.29, 0.717) is 6.04 Å². The number of likely N-dealkylation sites (tertiary alicyclic amines) is 1. The van der Waals surface area contributed by atoms with Crippen LogP contribution in [-0.2, 0) is 4.79 Å². The van der Waals surface area contributed by atoms with Crippen molar-refractivity contribution >= 4 is 6.41 Å². The van der Waals surface area contributed by atoms with E-state index in [9.17, 15) is 4.79 Å². The number of amides is 1. The molecule has 1 aliphatic heterocycles. The van der Waals surface area contributed by atoms with Gasteiger partial charge in [0.15, 0.2) is 0 Å². The van der Waals surface area contributed by atoms with Gasteiger partial charge in [0.25, 0.3) is 0 Å². The van der Waals surface area contributed by atoms with Crippen LogP contribution >= 0.6 is 0 Å². The molecule has 0 aromatic carbocycles. The Morgan fingerprint density at radius 1 is 1.62 bits per heavy atom.